The van der Waals surface area contributed by atoms with E-state index in [0.717, 1.165) is 0 Å². The third kappa shape index (κ3) is 4.93. The van der Waals surface area contributed by atoms with Gasteiger partial charge in [-0.3, -0.25) is 4.79 Å². The van der Waals surface area contributed by atoms with Gasteiger partial charge in [-0.15, -0.1) is 25.6 Å². The lowest BCUT2D eigenvalue weighted by molar-refractivity contribution is -0.128. The Kier molecular flexibility index (Phi) is 9.52. The molecule has 0 spiro atoms. The summed E-state index contributed by atoms with van der Waals surface area (Å²) < 4.78 is 0. The molecule has 0 atom stereocenters. The summed E-state index contributed by atoms with van der Waals surface area (Å²) in [7, 11) is 0. The molecule has 0 aliphatic heterocycles. The van der Waals surface area contributed by atoms with Crippen LogP contribution >= 0.6 is 12.4 Å². The van der Waals surface area contributed by atoms with Gasteiger partial charge in [0, 0.05) is 13.1 Å². The van der Waals surface area contributed by atoms with E-state index in [1.54, 1.807) is 17.1 Å². The standard InChI is InChI=1S/C8H14N2O.ClH/c1-3-5-10(6-4-2)8(11)7-9;/h3-4H,1-2,5-7,9H2;1H. The number of halogens is 1. The Bertz CT molecular complexity index is 149. The van der Waals surface area contributed by atoms with E-state index >= 15 is 0 Å². The lowest BCUT2D eigenvalue weighted by Crippen LogP contribution is -2.36. The smallest absolute Gasteiger partial charge is 0.236 e. The third-order valence-electron chi connectivity index (χ3n) is 1.23. The molecule has 0 bridgehead atoms. The van der Waals surface area contributed by atoms with Crippen molar-refractivity contribution in [1.29, 1.82) is 0 Å². The number of amides is 1. The highest BCUT2D eigenvalue weighted by atomic mass is 35.5. The van der Waals surface area contributed by atoms with Crippen LogP contribution in [0.1, 0.15) is 0 Å². The molecule has 0 radical (unpaired) electrons. The van der Waals surface area contributed by atoms with Crippen molar-refractivity contribution in [3.63, 3.8) is 0 Å². The van der Waals surface area contributed by atoms with Gasteiger partial charge in [0.1, 0.15) is 0 Å². The summed E-state index contributed by atoms with van der Waals surface area (Å²) in [4.78, 5) is 12.6. The molecule has 3 nitrogen and oxygen atoms in total. The molecule has 2 N–H and O–H groups in total. The molecule has 0 saturated heterocycles. The summed E-state index contributed by atoms with van der Waals surface area (Å²) in [6.07, 6.45) is 3.33. The van der Waals surface area contributed by atoms with Crippen LogP contribution in [0.2, 0.25) is 0 Å². The SMILES string of the molecule is C=CCN(CC=C)C(=O)CN.Cl. The molecular formula is C8H15ClN2O. The molecule has 0 unspecified atom stereocenters. The molecule has 0 aliphatic carbocycles. The normalized spacial score (nSPS) is 8.08. The first-order valence-electron chi connectivity index (χ1n) is 3.45. The average Bonchev–Trinajstić information content (AvgIpc) is 2.03. The van der Waals surface area contributed by atoms with Crippen LogP contribution in [-0.2, 0) is 4.79 Å². The predicted octanol–water partition coefficient (Wildman–Crippen LogP) is 0.567. The highest BCUT2D eigenvalue weighted by Gasteiger charge is 2.06. The lowest BCUT2D eigenvalue weighted by Gasteiger charge is -2.17. The molecule has 0 aliphatic rings. The van der Waals surface area contributed by atoms with Crippen molar-refractivity contribution in [3.05, 3.63) is 25.3 Å². The molecule has 70 valence electrons. The Hall–Kier alpha value is -0.800. The topological polar surface area (TPSA) is 46.3 Å². The minimum atomic E-state index is -0.0789. The first-order valence-corrected chi connectivity index (χ1v) is 3.45. The van der Waals surface area contributed by atoms with E-state index in [9.17, 15) is 4.79 Å². The maximum Gasteiger partial charge on any atom is 0.236 e. The van der Waals surface area contributed by atoms with Crippen LogP contribution in [0.15, 0.2) is 25.3 Å². The van der Waals surface area contributed by atoms with Gasteiger partial charge in [-0.1, -0.05) is 12.2 Å². The molecule has 0 aromatic rings. The van der Waals surface area contributed by atoms with Gasteiger partial charge in [0.25, 0.3) is 0 Å². The Morgan fingerprint density at radius 3 is 2.00 bits per heavy atom. The van der Waals surface area contributed by atoms with Gasteiger partial charge in [0.15, 0.2) is 0 Å². The summed E-state index contributed by atoms with van der Waals surface area (Å²) in [5.74, 6) is -0.0789. The monoisotopic (exact) mass is 190 g/mol. The predicted molar refractivity (Wildman–Crippen MR) is 53.3 cm³/mol. The van der Waals surface area contributed by atoms with Gasteiger partial charge >= 0.3 is 0 Å². The Labute approximate surface area is 79.3 Å². The van der Waals surface area contributed by atoms with Gasteiger partial charge in [0.2, 0.25) is 5.91 Å². The summed E-state index contributed by atoms with van der Waals surface area (Å²) in [6.45, 7) is 8.16. The van der Waals surface area contributed by atoms with Crippen molar-refractivity contribution in [2.45, 2.75) is 0 Å². The number of hydrogen-bond donors (Lipinski definition) is 1. The van der Waals surface area contributed by atoms with Crippen molar-refractivity contribution >= 4 is 18.3 Å². The van der Waals surface area contributed by atoms with Crippen molar-refractivity contribution in [1.82, 2.24) is 4.90 Å². The van der Waals surface area contributed by atoms with Gasteiger partial charge < -0.3 is 10.6 Å². The first-order chi connectivity index (χ1) is 5.26. The molecule has 0 saturated carbocycles. The molecule has 0 heterocycles. The number of nitrogens with zero attached hydrogens (tertiary/aromatic N) is 1. The Morgan fingerprint density at radius 2 is 1.75 bits per heavy atom. The third-order valence-corrected chi connectivity index (χ3v) is 1.23. The fraction of sp³-hybridized carbons (Fsp3) is 0.375. The zero-order chi connectivity index (χ0) is 8.69. The molecule has 0 aromatic heterocycles. The van der Waals surface area contributed by atoms with E-state index < -0.39 is 0 Å². The van der Waals surface area contributed by atoms with Crippen LogP contribution < -0.4 is 5.73 Å². The summed E-state index contributed by atoms with van der Waals surface area (Å²) in [6, 6.07) is 0. The van der Waals surface area contributed by atoms with Crippen LogP contribution in [0, 0.1) is 0 Å². The molecule has 0 rings (SSSR count). The largest absolute Gasteiger partial charge is 0.334 e. The average molecular weight is 191 g/mol. The van der Waals surface area contributed by atoms with Gasteiger partial charge in [-0.2, -0.15) is 0 Å². The summed E-state index contributed by atoms with van der Waals surface area (Å²) in [5, 5.41) is 0. The molecule has 0 fully saturated rings. The molecule has 4 heteroatoms. The van der Waals surface area contributed by atoms with Gasteiger partial charge in [-0.25, -0.2) is 0 Å². The molecule has 0 aromatic carbocycles. The summed E-state index contributed by atoms with van der Waals surface area (Å²) >= 11 is 0. The second kappa shape index (κ2) is 8.30. The molecule has 12 heavy (non-hydrogen) atoms. The van der Waals surface area contributed by atoms with E-state index in [0.29, 0.717) is 13.1 Å². The minimum absolute atomic E-state index is 0. The van der Waals surface area contributed by atoms with Gasteiger partial charge in [-0.05, 0) is 0 Å². The highest BCUT2D eigenvalue weighted by Crippen LogP contribution is 1.88. The second-order valence-electron chi connectivity index (χ2n) is 2.08. The van der Waals surface area contributed by atoms with Crippen molar-refractivity contribution in [3.8, 4) is 0 Å². The van der Waals surface area contributed by atoms with Crippen LogP contribution in [0.4, 0.5) is 0 Å². The maximum atomic E-state index is 11.0. The van der Waals surface area contributed by atoms with E-state index in [2.05, 4.69) is 13.2 Å². The number of hydrogen-bond acceptors (Lipinski definition) is 2. The minimum Gasteiger partial charge on any atom is -0.334 e. The zero-order valence-electron chi connectivity index (χ0n) is 7.03. The van der Waals surface area contributed by atoms with Crippen LogP contribution in [0.25, 0.3) is 0 Å². The Morgan fingerprint density at radius 1 is 1.33 bits per heavy atom. The fourth-order valence-corrected chi connectivity index (χ4v) is 0.719. The number of rotatable bonds is 5. The van der Waals surface area contributed by atoms with E-state index in [1.165, 1.54) is 0 Å². The number of carbonyl (C=O) groups excluding carboxylic acids is 1. The van der Waals surface area contributed by atoms with Gasteiger partial charge in [0.05, 0.1) is 6.54 Å². The Balaban J connectivity index is 0. The zero-order valence-corrected chi connectivity index (χ0v) is 7.85. The van der Waals surface area contributed by atoms with Crippen LogP contribution in [0.5, 0.6) is 0 Å². The lowest BCUT2D eigenvalue weighted by atomic mass is 10.4. The fourth-order valence-electron chi connectivity index (χ4n) is 0.719. The van der Waals surface area contributed by atoms with E-state index in [4.69, 9.17) is 5.73 Å². The second-order valence-corrected chi connectivity index (χ2v) is 2.08. The van der Waals surface area contributed by atoms with Crippen LogP contribution in [0.3, 0.4) is 0 Å². The first kappa shape index (κ1) is 13.8. The van der Waals surface area contributed by atoms with Crippen LogP contribution in [-0.4, -0.2) is 30.4 Å². The summed E-state index contributed by atoms with van der Waals surface area (Å²) in [5.41, 5.74) is 5.17. The van der Waals surface area contributed by atoms with Crippen molar-refractivity contribution in [2.24, 2.45) is 5.73 Å². The maximum absolute atomic E-state index is 11.0. The van der Waals surface area contributed by atoms with Crippen molar-refractivity contribution in [2.75, 3.05) is 19.6 Å². The number of nitrogens with two attached hydrogens (primary N) is 1. The van der Waals surface area contributed by atoms with Crippen molar-refractivity contribution < 1.29 is 4.79 Å². The van der Waals surface area contributed by atoms with E-state index in [-0.39, 0.29) is 24.9 Å². The molecular weight excluding hydrogens is 176 g/mol. The quantitative estimate of drug-likeness (QED) is 0.645. The van der Waals surface area contributed by atoms with E-state index in [1.807, 2.05) is 0 Å². The highest BCUT2D eigenvalue weighted by molar-refractivity contribution is 5.85. The number of carbonyl (C=O) groups is 1. The molecule has 1 amide bonds.